The quantitative estimate of drug-likeness (QED) is 0.867. The van der Waals surface area contributed by atoms with E-state index in [9.17, 15) is 4.79 Å². The van der Waals surface area contributed by atoms with Crippen LogP contribution in [-0.4, -0.2) is 29.9 Å². The fraction of sp³-hybridized carbons (Fsp3) is 0.588. The first-order valence-electron chi connectivity index (χ1n) is 7.92. The largest absolute Gasteiger partial charge is 0.341 e. The van der Waals surface area contributed by atoms with Crippen molar-refractivity contribution in [1.82, 2.24) is 10.2 Å². The molecule has 0 bridgehead atoms. The zero-order valence-corrected chi connectivity index (χ0v) is 13.7. The third kappa shape index (κ3) is 4.45. The zero-order chi connectivity index (χ0) is 15.2. The van der Waals surface area contributed by atoms with Gasteiger partial charge in [0.2, 0.25) is 5.91 Å². The van der Waals surface area contributed by atoms with E-state index in [0.717, 1.165) is 43.8 Å². The summed E-state index contributed by atoms with van der Waals surface area (Å²) >= 11 is 5.95. The first-order chi connectivity index (χ1) is 10.1. The number of carbonyl (C=O) groups is 1. The third-order valence-electron chi connectivity index (χ3n) is 4.09. The minimum Gasteiger partial charge on any atom is -0.341 e. The summed E-state index contributed by atoms with van der Waals surface area (Å²) in [4.78, 5) is 14.4. The van der Waals surface area contributed by atoms with Crippen LogP contribution in [0.1, 0.15) is 51.1 Å². The molecular formula is C17H25ClN2O. The van der Waals surface area contributed by atoms with Crippen LogP contribution in [0.25, 0.3) is 0 Å². The molecule has 0 spiro atoms. The van der Waals surface area contributed by atoms with Gasteiger partial charge in [0.25, 0.3) is 0 Å². The lowest BCUT2D eigenvalue weighted by Crippen LogP contribution is -2.44. The van der Waals surface area contributed by atoms with Crippen molar-refractivity contribution in [3.05, 3.63) is 34.9 Å². The van der Waals surface area contributed by atoms with Gasteiger partial charge in [-0.05, 0) is 43.9 Å². The predicted octanol–water partition coefficient (Wildman–Crippen LogP) is 3.78. The topological polar surface area (TPSA) is 32.3 Å². The summed E-state index contributed by atoms with van der Waals surface area (Å²) in [5, 5.41) is 4.24. The Morgan fingerprint density at radius 3 is 2.48 bits per heavy atom. The molecule has 1 aromatic rings. The maximum absolute atomic E-state index is 12.4. The number of hydrogen-bond donors (Lipinski definition) is 1. The van der Waals surface area contributed by atoms with Crippen LogP contribution in [0.5, 0.6) is 0 Å². The van der Waals surface area contributed by atoms with Gasteiger partial charge in [0.1, 0.15) is 0 Å². The second-order valence-electron chi connectivity index (χ2n) is 5.81. The van der Waals surface area contributed by atoms with Crippen molar-refractivity contribution in [2.45, 2.75) is 51.6 Å². The molecule has 21 heavy (non-hydrogen) atoms. The smallest absolute Gasteiger partial charge is 0.239 e. The van der Waals surface area contributed by atoms with Gasteiger partial charge in [-0.1, -0.05) is 37.1 Å². The van der Waals surface area contributed by atoms with Crippen LogP contribution in [0.15, 0.2) is 24.3 Å². The van der Waals surface area contributed by atoms with E-state index in [1.165, 1.54) is 5.56 Å². The molecule has 4 heteroatoms. The summed E-state index contributed by atoms with van der Waals surface area (Å²) in [5.41, 5.74) is 1.20. The standard InChI is InChI=1S/C17H25ClN2O/c1-3-6-16(14-7-9-15(18)10-8-14)19-13(2)17(21)20-11-4-5-12-20/h7-10,13,16,19H,3-6,11-12H2,1-2H3. The molecule has 0 saturated carbocycles. The molecule has 1 aromatic carbocycles. The van der Waals surface area contributed by atoms with Crippen LogP contribution >= 0.6 is 11.6 Å². The van der Waals surface area contributed by atoms with Crippen LogP contribution < -0.4 is 5.32 Å². The summed E-state index contributed by atoms with van der Waals surface area (Å²) in [7, 11) is 0. The number of carbonyl (C=O) groups excluding carboxylic acids is 1. The minimum atomic E-state index is -0.143. The van der Waals surface area contributed by atoms with Crippen molar-refractivity contribution in [1.29, 1.82) is 0 Å². The lowest BCUT2D eigenvalue weighted by atomic mass is 10.0. The Hall–Kier alpha value is -1.06. The number of halogens is 1. The van der Waals surface area contributed by atoms with Gasteiger partial charge in [0.05, 0.1) is 6.04 Å². The van der Waals surface area contributed by atoms with Crippen LogP contribution in [0.3, 0.4) is 0 Å². The number of nitrogens with one attached hydrogen (secondary N) is 1. The van der Waals surface area contributed by atoms with Gasteiger partial charge in [-0.2, -0.15) is 0 Å². The SMILES string of the molecule is CCCC(NC(C)C(=O)N1CCCC1)c1ccc(Cl)cc1. The Morgan fingerprint density at radius 2 is 1.90 bits per heavy atom. The molecule has 2 atom stereocenters. The molecule has 0 aliphatic carbocycles. The molecule has 1 amide bonds. The Kier molecular flexibility index (Phi) is 6.07. The summed E-state index contributed by atoms with van der Waals surface area (Å²) in [6.45, 7) is 5.95. The summed E-state index contributed by atoms with van der Waals surface area (Å²) < 4.78 is 0. The molecule has 1 fully saturated rings. The Bertz CT molecular complexity index is 454. The van der Waals surface area contributed by atoms with Gasteiger partial charge in [-0.25, -0.2) is 0 Å². The fourth-order valence-corrected chi connectivity index (χ4v) is 3.04. The highest BCUT2D eigenvalue weighted by Crippen LogP contribution is 2.22. The molecule has 1 saturated heterocycles. The number of benzene rings is 1. The number of likely N-dealkylation sites (tertiary alicyclic amines) is 1. The van der Waals surface area contributed by atoms with Crippen molar-refractivity contribution in [2.75, 3.05) is 13.1 Å². The Morgan fingerprint density at radius 1 is 1.29 bits per heavy atom. The van der Waals surface area contributed by atoms with E-state index in [-0.39, 0.29) is 18.0 Å². The highest BCUT2D eigenvalue weighted by molar-refractivity contribution is 6.30. The van der Waals surface area contributed by atoms with Crippen molar-refractivity contribution in [3.8, 4) is 0 Å². The van der Waals surface area contributed by atoms with Gasteiger partial charge >= 0.3 is 0 Å². The van der Waals surface area contributed by atoms with Crippen LogP contribution in [0, 0.1) is 0 Å². The highest BCUT2D eigenvalue weighted by Gasteiger charge is 2.25. The van der Waals surface area contributed by atoms with Gasteiger partial charge in [-0.3, -0.25) is 10.1 Å². The molecule has 2 unspecified atom stereocenters. The molecule has 1 aliphatic heterocycles. The molecular weight excluding hydrogens is 284 g/mol. The van der Waals surface area contributed by atoms with Crippen molar-refractivity contribution < 1.29 is 4.79 Å². The second kappa shape index (κ2) is 7.81. The maximum Gasteiger partial charge on any atom is 0.239 e. The highest BCUT2D eigenvalue weighted by atomic mass is 35.5. The van der Waals surface area contributed by atoms with Crippen molar-refractivity contribution >= 4 is 17.5 Å². The Labute approximate surface area is 132 Å². The van der Waals surface area contributed by atoms with E-state index in [0.29, 0.717) is 0 Å². The number of nitrogens with zero attached hydrogens (tertiary/aromatic N) is 1. The molecule has 1 heterocycles. The zero-order valence-electron chi connectivity index (χ0n) is 12.9. The maximum atomic E-state index is 12.4. The van der Waals surface area contributed by atoms with Crippen LogP contribution in [0.4, 0.5) is 0 Å². The van der Waals surface area contributed by atoms with Gasteiger partial charge in [-0.15, -0.1) is 0 Å². The molecule has 1 aliphatic rings. The summed E-state index contributed by atoms with van der Waals surface area (Å²) in [6.07, 6.45) is 4.35. The first kappa shape index (κ1) is 16.3. The van der Waals surface area contributed by atoms with E-state index in [1.807, 2.05) is 36.1 Å². The van der Waals surface area contributed by atoms with Gasteiger partial charge in [0.15, 0.2) is 0 Å². The molecule has 0 aromatic heterocycles. The lowest BCUT2D eigenvalue weighted by Gasteiger charge is -2.26. The van der Waals surface area contributed by atoms with Gasteiger partial charge in [0, 0.05) is 24.2 Å². The van der Waals surface area contributed by atoms with E-state index >= 15 is 0 Å². The summed E-state index contributed by atoms with van der Waals surface area (Å²) in [5.74, 6) is 0.225. The van der Waals surface area contributed by atoms with Crippen molar-refractivity contribution in [2.24, 2.45) is 0 Å². The summed E-state index contributed by atoms with van der Waals surface area (Å²) in [6, 6.07) is 7.97. The first-order valence-corrected chi connectivity index (χ1v) is 8.30. The molecule has 3 nitrogen and oxygen atoms in total. The normalized spacial score (nSPS) is 17.8. The van der Waals surface area contributed by atoms with Gasteiger partial charge < -0.3 is 4.90 Å². The molecule has 1 N–H and O–H groups in total. The number of hydrogen-bond acceptors (Lipinski definition) is 2. The monoisotopic (exact) mass is 308 g/mol. The number of rotatable bonds is 6. The molecule has 0 radical (unpaired) electrons. The average Bonchev–Trinajstić information content (AvgIpc) is 3.01. The lowest BCUT2D eigenvalue weighted by molar-refractivity contribution is -0.132. The fourth-order valence-electron chi connectivity index (χ4n) is 2.91. The van der Waals surface area contributed by atoms with Crippen LogP contribution in [0.2, 0.25) is 5.02 Å². The van der Waals surface area contributed by atoms with E-state index in [1.54, 1.807) is 0 Å². The average molecular weight is 309 g/mol. The van der Waals surface area contributed by atoms with E-state index < -0.39 is 0 Å². The second-order valence-corrected chi connectivity index (χ2v) is 6.25. The Balaban J connectivity index is 2.01. The predicted molar refractivity (Wildman–Crippen MR) is 87.5 cm³/mol. The van der Waals surface area contributed by atoms with E-state index in [4.69, 9.17) is 11.6 Å². The van der Waals surface area contributed by atoms with Crippen molar-refractivity contribution in [3.63, 3.8) is 0 Å². The molecule has 116 valence electrons. The minimum absolute atomic E-state index is 0.143. The third-order valence-corrected chi connectivity index (χ3v) is 4.34. The van der Waals surface area contributed by atoms with Crippen LogP contribution in [-0.2, 0) is 4.79 Å². The van der Waals surface area contributed by atoms with E-state index in [2.05, 4.69) is 12.2 Å². The molecule has 2 rings (SSSR count). The number of amides is 1.